The van der Waals surface area contributed by atoms with Crippen molar-refractivity contribution in [3.63, 3.8) is 0 Å². The smallest absolute Gasteiger partial charge is 0.243 e. The van der Waals surface area contributed by atoms with Crippen molar-refractivity contribution in [3.8, 4) is 0 Å². The van der Waals surface area contributed by atoms with Gasteiger partial charge in [0.2, 0.25) is 5.91 Å². The Morgan fingerprint density at radius 2 is 2.03 bits per heavy atom. The Kier molecular flexibility index (Phi) is 7.52. The highest BCUT2D eigenvalue weighted by Crippen LogP contribution is 2.24. The molecule has 1 saturated heterocycles. The van der Waals surface area contributed by atoms with E-state index < -0.39 is 0 Å². The number of amides is 1. The van der Waals surface area contributed by atoms with E-state index in [1.807, 2.05) is 6.07 Å². The Balaban J connectivity index is 1.68. The number of carbonyl (C=O) groups is 1. The quantitative estimate of drug-likeness (QED) is 0.540. The Hall–Kier alpha value is -2.54. The second-order valence-electron chi connectivity index (χ2n) is 7.54. The van der Waals surface area contributed by atoms with Crippen molar-refractivity contribution in [2.45, 2.75) is 32.4 Å². The van der Waals surface area contributed by atoms with Gasteiger partial charge in [-0.05, 0) is 48.9 Å². The van der Waals surface area contributed by atoms with Gasteiger partial charge in [-0.1, -0.05) is 18.2 Å². The van der Waals surface area contributed by atoms with Gasteiger partial charge in [0, 0.05) is 37.7 Å². The second kappa shape index (κ2) is 10.3. The Labute approximate surface area is 177 Å². The van der Waals surface area contributed by atoms with E-state index in [1.54, 1.807) is 30.3 Å². The number of carbonyl (C=O) groups excluding carboxylic acids is 1. The molecule has 0 radical (unpaired) electrons. The van der Waals surface area contributed by atoms with Crippen molar-refractivity contribution in [1.82, 2.24) is 15.5 Å². The predicted octanol–water partition coefficient (Wildman–Crippen LogP) is 3.23. The van der Waals surface area contributed by atoms with Crippen molar-refractivity contribution >= 4 is 28.9 Å². The van der Waals surface area contributed by atoms with Crippen LogP contribution in [0.15, 0.2) is 46.8 Å². The number of anilines is 1. The molecule has 29 heavy (non-hydrogen) atoms. The third-order valence-electron chi connectivity index (χ3n) is 5.08. The van der Waals surface area contributed by atoms with Gasteiger partial charge in [0.25, 0.3) is 0 Å². The SMILES string of the molecule is CC(NC(=NCC(=O)N(C)C)NCc1cccs1)c1cccc(N2CCCC2)c1. The molecule has 0 aliphatic carbocycles. The fourth-order valence-corrected chi connectivity index (χ4v) is 3.92. The van der Waals surface area contributed by atoms with Gasteiger partial charge in [-0.3, -0.25) is 4.79 Å². The molecule has 1 unspecified atom stereocenters. The van der Waals surface area contributed by atoms with Crippen LogP contribution < -0.4 is 15.5 Å². The number of benzene rings is 1. The van der Waals surface area contributed by atoms with Crippen molar-refractivity contribution in [1.29, 1.82) is 0 Å². The fraction of sp³-hybridized carbons (Fsp3) is 0.455. The molecule has 0 bridgehead atoms. The fourth-order valence-electron chi connectivity index (χ4n) is 3.28. The molecule has 1 amide bonds. The van der Waals surface area contributed by atoms with Crippen molar-refractivity contribution in [3.05, 3.63) is 52.2 Å². The summed E-state index contributed by atoms with van der Waals surface area (Å²) < 4.78 is 0. The van der Waals surface area contributed by atoms with Gasteiger partial charge in [0.1, 0.15) is 6.54 Å². The molecular weight excluding hydrogens is 382 g/mol. The maximum absolute atomic E-state index is 12.0. The zero-order valence-corrected chi connectivity index (χ0v) is 18.3. The molecule has 1 aromatic heterocycles. The number of nitrogens with zero attached hydrogens (tertiary/aromatic N) is 3. The summed E-state index contributed by atoms with van der Waals surface area (Å²) in [7, 11) is 3.49. The number of thiophene rings is 1. The standard InChI is InChI=1S/C22H31N5OS/c1-17(18-8-6-9-19(14-18)27-11-4-5-12-27)25-22(24-16-21(28)26(2)3)23-15-20-10-7-13-29-20/h6-10,13-14,17H,4-5,11-12,15-16H2,1-3H3,(H2,23,24,25). The first kappa shape index (κ1) is 21.2. The third-order valence-corrected chi connectivity index (χ3v) is 5.95. The van der Waals surface area contributed by atoms with Gasteiger partial charge in [0.15, 0.2) is 5.96 Å². The molecule has 2 N–H and O–H groups in total. The number of rotatable bonds is 7. The van der Waals surface area contributed by atoms with Crippen molar-refractivity contribution in [2.75, 3.05) is 38.6 Å². The molecule has 1 aliphatic rings. The summed E-state index contributed by atoms with van der Waals surface area (Å²) in [6.07, 6.45) is 2.53. The molecule has 0 spiro atoms. The highest BCUT2D eigenvalue weighted by molar-refractivity contribution is 7.09. The Morgan fingerprint density at radius 1 is 1.24 bits per heavy atom. The van der Waals surface area contributed by atoms with E-state index in [2.05, 4.69) is 63.2 Å². The van der Waals surface area contributed by atoms with E-state index >= 15 is 0 Å². The highest BCUT2D eigenvalue weighted by Gasteiger charge is 2.15. The van der Waals surface area contributed by atoms with Crippen LogP contribution in [-0.4, -0.2) is 50.5 Å². The van der Waals surface area contributed by atoms with Crippen LogP contribution in [0.25, 0.3) is 0 Å². The first-order valence-corrected chi connectivity index (χ1v) is 11.0. The van der Waals surface area contributed by atoms with Crippen molar-refractivity contribution < 1.29 is 4.79 Å². The van der Waals surface area contributed by atoms with E-state index in [4.69, 9.17) is 0 Å². The van der Waals surface area contributed by atoms with E-state index in [9.17, 15) is 4.79 Å². The molecule has 2 aromatic rings. The van der Waals surface area contributed by atoms with Gasteiger partial charge in [-0.15, -0.1) is 11.3 Å². The van der Waals surface area contributed by atoms with Gasteiger partial charge in [-0.25, -0.2) is 4.99 Å². The lowest BCUT2D eigenvalue weighted by molar-refractivity contribution is -0.127. The minimum absolute atomic E-state index is 0.0223. The lowest BCUT2D eigenvalue weighted by atomic mass is 10.1. The lowest BCUT2D eigenvalue weighted by Crippen LogP contribution is -2.39. The van der Waals surface area contributed by atoms with E-state index in [0.29, 0.717) is 12.5 Å². The monoisotopic (exact) mass is 413 g/mol. The number of guanidine groups is 1. The summed E-state index contributed by atoms with van der Waals surface area (Å²) in [6.45, 7) is 5.19. The number of nitrogens with one attached hydrogen (secondary N) is 2. The molecule has 1 aromatic carbocycles. The van der Waals surface area contributed by atoms with Crippen LogP contribution in [0.3, 0.4) is 0 Å². The average molecular weight is 414 g/mol. The van der Waals surface area contributed by atoms with Gasteiger partial charge in [0.05, 0.1) is 12.6 Å². The third kappa shape index (κ3) is 6.22. The van der Waals surface area contributed by atoms with Crippen LogP contribution >= 0.6 is 11.3 Å². The summed E-state index contributed by atoms with van der Waals surface area (Å²) >= 11 is 1.70. The lowest BCUT2D eigenvalue weighted by Gasteiger charge is -2.22. The van der Waals surface area contributed by atoms with Gasteiger partial charge in [-0.2, -0.15) is 0 Å². The maximum Gasteiger partial charge on any atom is 0.243 e. The van der Waals surface area contributed by atoms with Crippen LogP contribution in [0, 0.1) is 0 Å². The topological polar surface area (TPSA) is 60.0 Å². The molecule has 3 rings (SSSR count). The zero-order valence-electron chi connectivity index (χ0n) is 17.5. The number of likely N-dealkylation sites (N-methyl/N-ethyl adjacent to an activating group) is 1. The van der Waals surface area contributed by atoms with Crippen LogP contribution in [0.2, 0.25) is 0 Å². The maximum atomic E-state index is 12.0. The molecule has 1 aliphatic heterocycles. The Bertz CT molecular complexity index is 812. The van der Waals surface area contributed by atoms with Crippen molar-refractivity contribution in [2.24, 2.45) is 4.99 Å². The molecule has 7 heteroatoms. The number of aliphatic imine (C=N–C) groups is 1. The second-order valence-corrected chi connectivity index (χ2v) is 8.57. The molecule has 6 nitrogen and oxygen atoms in total. The van der Waals surface area contributed by atoms with Gasteiger partial charge < -0.3 is 20.4 Å². The normalized spacial score (nSPS) is 15.3. The highest BCUT2D eigenvalue weighted by atomic mass is 32.1. The zero-order chi connectivity index (χ0) is 20.6. The number of hydrogen-bond acceptors (Lipinski definition) is 4. The molecule has 0 saturated carbocycles. The van der Waals surface area contributed by atoms with E-state index in [-0.39, 0.29) is 18.5 Å². The molecule has 2 heterocycles. The first-order valence-electron chi connectivity index (χ1n) is 10.1. The Morgan fingerprint density at radius 3 is 2.72 bits per heavy atom. The summed E-state index contributed by atoms with van der Waals surface area (Å²) in [4.78, 5) is 21.7. The van der Waals surface area contributed by atoms with E-state index in [1.165, 1.54) is 29.0 Å². The minimum Gasteiger partial charge on any atom is -0.372 e. The molecule has 1 atom stereocenters. The molecule has 1 fully saturated rings. The minimum atomic E-state index is -0.0223. The van der Waals surface area contributed by atoms with Gasteiger partial charge >= 0.3 is 0 Å². The van der Waals surface area contributed by atoms with E-state index in [0.717, 1.165) is 13.1 Å². The first-order chi connectivity index (χ1) is 14.0. The van der Waals surface area contributed by atoms with Crippen LogP contribution in [0.5, 0.6) is 0 Å². The number of hydrogen-bond donors (Lipinski definition) is 2. The summed E-state index contributed by atoms with van der Waals surface area (Å²) in [5.41, 5.74) is 2.49. The van der Waals surface area contributed by atoms with Crippen LogP contribution in [0.4, 0.5) is 5.69 Å². The molecular formula is C22H31N5OS. The summed E-state index contributed by atoms with van der Waals surface area (Å²) in [6, 6.07) is 12.9. The largest absolute Gasteiger partial charge is 0.372 e. The average Bonchev–Trinajstić information content (AvgIpc) is 3.43. The summed E-state index contributed by atoms with van der Waals surface area (Å²) in [5.74, 6) is 0.624. The predicted molar refractivity (Wildman–Crippen MR) is 122 cm³/mol. The van der Waals surface area contributed by atoms with Crippen LogP contribution in [-0.2, 0) is 11.3 Å². The van der Waals surface area contributed by atoms with Crippen LogP contribution in [0.1, 0.15) is 36.2 Å². The summed E-state index contributed by atoms with van der Waals surface area (Å²) in [5, 5.41) is 8.88. The molecule has 156 valence electrons.